The fourth-order valence-electron chi connectivity index (χ4n) is 1.83. The van der Waals surface area contributed by atoms with Crippen LogP contribution in [0.3, 0.4) is 0 Å². The fourth-order valence-corrected chi connectivity index (χ4v) is 1.83. The van der Waals surface area contributed by atoms with Crippen molar-refractivity contribution in [2.45, 2.75) is 38.1 Å². The highest BCUT2D eigenvalue weighted by atomic mass is 14.7. The molecular weight excluding hydrogens is 184 g/mol. The van der Waals surface area contributed by atoms with Crippen molar-refractivity contribution in [3.63, 3.8) is 0 Å². The van der Waals surface area contributed by atoms with Crippen LogP contribution in [0.15, 0.2) is 18.3 Å². The van der Waals surface area contributed by atoms with E-state index in [1.807, 2.05) is 26.1 Å². The number of aromatic nitrogens is 1. The summed E-state index contributed by atoms with van der Waals surface area (Å²) in [6, 6.07) is 4.12. The molecule has 1 aliphatic rings. The first kappa shape index (κ1) is 10.2. The molecule has 1 aromatic heterocycles. The number of rotatable bonds is 0. The molecule has 2 N–H and O–H groups in total. The van der Waals surface area contributed by atoms with Crippen LogP contribution < -0.4 is 5.73 Å². The molecule has 1 heterocycles. The molecule has 1 atom stereocenters. The molecule has 15 heavy (non-hydrogen) atoms. The largest absolute Gasteiger partial charge is 0.316 e. The number of fused-ring (bicyclic) bond motifs is 1. The van der Waals surface area contributed by atoms with Gasteiger partial charge >= 0.3 is 0 Å². The lowest BCUT2D eigenvalue weighted by atomic mass is 10.0. The summed E-state index contributed by atoms with van der Waals surface area (Å²) in [6.45, 7) is 3.85. The minimum absolute atomic E-state index is 0.282. The van der Waals surface area contributed by atoms with Crippen molar-refractivity contribution in [2.24, 2.45) is 5.73 Å². The quantitative estimate of drug-likeness (QED) is 0.649. The van der Waals surface area contributed by atoms with Crippen molar-refractivity contribution in [1.29, 1.82) is 0 Å². The van der Waals surface area contributed by atoms with Gasteiger partial charge in [0.15, 0.2) is 0 Å². The number of nitrogens with zero attached hydrogens (tertiary/aromatic N) is 1. The summed E-state index contributed by atoms with van der Waals surface area (Å²) in [7, 11) is 0. The van der Waals surface area contributed by atoms with Gasteiger partial charge in [-0.25, -0.2) is 0 Å². The molecule has 1 unspecified atom stereocenters. The molecule has 2 rings (SSSR count). The normalized spacial score (nSPS) is 19.3. The van der Waals surface area contributed by atoms with Crippen LogP contribution >= 0.6 is 0 Å². The zero-order valence-electron chi connectivity index (χ0n) is 9.25. The molecule has 0 spiro atoms. The molecule has 0 radical (unpaired) electrons. The lowest BCUT2D eigenvalue weighted by Gasteiger charge is -2.09. The van der Waals surface area contributed by atoms with E-state index in [1.54, 1.807) is 0 Å². The minimum atomic E-state index is -0.405. The number of hydrogen-bond donors (Lipinski definition) is 1. The van der Waals surface area contributed by atoms with Gasteiger partial charge in [0.25, 0.3) is 0 Å². The standard InChI is InChI=1S/C13H16N2/c1-13(2,14)8-7-11-6-5-10-4-3-9-15-12(10)11/h3-4,9,11H,5-6,14H2,1-2H3. The van der Waals surface area contributed by atoms with Crippen molar-refractivity contribution < 1.29 is 0 Å². The Morgan fingerprint density at radius 2 is 2.33 bits per heavy atom. The van der Waals surface area contributed by atoms with Crippen LogP contribution in [0.1, 0.15) is 37.4 Å². The molecule has 0 aromatic carbocycles. The van der Waals surface area contributed by atoms with Gasteiger partial charge in [-0.05, 0) is 38.3 Å². The molecule has 0 bridgehead atoms. The summed E-state index contributed by atoms with van der Waals surface area (Å²) in [6.07, 6.45) is 4.01. The zero-order chi connectivity index (χ0) is 10.9. The summed E-state index contributed by atoms with van der Waals surface area (Å²) < 4.78 is 0. The molecule has 2 nitrogen and oxygen atoms in total. The summed E-state index contributed by atoms with van der Waals surface area (Å²) >= 11 is 0. The maximum Gasteiger partial charge on any atom is 0.0719 e. The predicted molar refractivity (Wildman–Crippen MR) is 61.3 cm³/mol. The van der Waals surface area contributed by atoms with E-state index < -0.39 is 5.54 Å². The molecular formula is C13H16N2. The van der Waals surface area contributed by atoms with E-state index in [4.69, 9.17) is 5.73 Å². The molecule has 1 aromatic rings. The highest BCUT2D eigenvalue weighted by Gasteiger charge is 2.21. The number of aryl methyl sites for hydroxylation is 1. The van der Waals surface area contributed by atoms with Gasteiger partial charge in [0.2, 0.25) is 0 Å². The Kier molecular flexibility index (Phi) is 2.50. The van der Waals surface area contributed by atoms with Gasteiger partial charge < -0.3 is 5.73 Å². The molecule has 0 saturated carbocycles. The Bertz CT molecular complexity index is 418. The lowest BCUT2D eigenvalue weighted by molar-refractivity contribution is 0.677. The first-order valence-electron chi connectivity index (χ1n) is 5.31. The Hall–Kier alpha value is -1.33. The second-order valence-electron chi connectivity index (χ2n) is 4.63. The van der Waals surface area contributed by atoms with Crippen molar-refractivity contribution in [3.05, 3.63) is 29.6 Å². The second-order valence-corrected chi connectivity index (χ2v) is 4.63. The molecule has 78 valence electrons. The molecule has 0 aliphatic heterocycles. The van der Waals surface area contributed by atoms with Crippen LogP contribution in [0.4, 0.5) is 0 Å². The maximum absolute atomic E-state index is 5.84. The van der Waals surface area contributed by atoms with E-state index in [9.17, 15) is 0 Å². The zero-order valence-corrected chi connectivity index (χ0v) is 9.25. The first-order chi connectivity index (χ1) is 7.06. The Labute approximate surface area is 90.9 Å². The van der Waals surface area contributed by atoms with Gasteiger partial charge in [0, 0.05) is 6.20 Å². The SMILES string of the molecule is CC(C)(N)C#CC1CCc2cccnc21. The van der Waals surface area contributed by atoms with Gasteiger partial charge in [-0.3, -0.25) is 4.98 Å². The van der Waals surface area contributed by atoms with Gasteiger partial charge in [-0.2, -0.15) is 0 Å². The summed E-state index contributed by atoms with van der Waals surface area (Å²) in [5.74, 6) is 6.61. The molecule has 0 amide bonds. The molecule has 2 heteroatoms. The Morgan fingerprint density at radius 3 is 3.07 bits per heavy atom. The van der Waals surface area contributed by atoms with Crippen molar-refractivity contribution in [2.75, 3.05) is 0 Å². The van der Waals surface area contributed by atoms with Crippen LogP contribution in [-0.2, 0) is 6.42 Å². The lowest BCUT2D eigenvalue weighted by Crippen LogP contribution is -2.29. The minimum Gasteiger partial charge on any atom is -0.316 e. The van der Waals surface area contributed by atoms with E-state index in [2.05, 4.69) is 22.9 Å². The maximum atomic E-state index is 5.84. The topological polar surface area (TPSA) is 38.9 Å². The molecule has 0 saturated heterocycles. The third-order valence-corrected chi connectivity index (χ3v) is 2.53. The Balaban J connectivity index is 2.24. The highest BCUT2D eigenvalue weighted by molar-refractivity contribution is 5.35. The van der Waals surface area contributed by atoms with Gasteiger partial charge in [0.1, 0.15) is 0 Å². The molecule has 1 aliphatic carbocycles. The Morgan fingerprint density at radius 1 is 1.53 bits per heavy atom. The number of pyridine rings is 1. The van der Waals surface area contributed by atoms with Crippen LogP contribution in [0.25, 0.3) is 0 Å². The predicted octanol–water partition coefficient (Wildman–Crippen LogP) is 1.85. The van der Waals surface area contributed by atoms with E-state index in [-0.39, 0.29) is 5.92 Å². The van der Waals surface area contributed by atoms with Crippen molar-refractivity contribution in [1.82, 2.24) is 4.98 Å². The van der Waals surface area contributed by atoms with E-state index >= 15 is 0 Å². The monoisotopic (exact) mass is 200 g/mol. The van der Waals surface area contributed by atoms with Crippen molar-refractivity contribution >= 4 is 0 Å². The number of nitrogens with two attached hydrogens (primary N) is 1. The van der Waals surface area contributed by atoms with Crippen LogP contribution in [0.5, 0.6) is 0 Å². The van der Waals surface area contributed by atoms with E-state index in [0.29, 0.717) is 0 Å². The van der Waals surface area contributed by atoms with E-state index in [1.165, 1.54) is 5.56 Å². The third kappa shape index (κ3) is 2.37. The van der Waals surface area contributed by atoms with Crippen LogP contribution in [0, 0.1) is 11.8 Å². The highest BCUT2D eigenvalue weighted by Crippen LogP contribution is 2.30. The van der Waals surface area contributed by atoms with E-state index in [0.717, 1.165) is 18.5 Å². The average molecular weight is 200 g/mol. The fraction of sp³-hybridized carbons (Fsp3) is 0.462. The van der Waals surface area contributed by atoms with Gasteiger partial charge in [-0.1, -0.05) is 17.9 Å². The van der Waals surface area contributed by atoms with Gasteiger partial charge in [-0.15, -0.1) is 0 Å². The summed E-state index contributed by atoms with van der Waals surface area (Å²) in [5, 5.41) is 0. The van der Waals surface area contributed by atoms with Crippen LogP contribution in [0.2, 0.25) is 0 Å². The van der Waals surface area contributed by atoms with Gasteiger partial charge in [0.05, 0.1) is 17.2 Å². The number of hydrogen-bond acceptors (Lipinski definition) is 2. The first-order valence-corrected chi connectivity index (χ1v) is 5.31. The van der Waals surface area contributed by atoms with Crippen LogP contribution in [-0.4, -0.2) is 10.5 Å². The average Bonchev–Trinajstić information content (AvgIpc) is 2.57. The third-order valence-electron chi connectivity index (χ3n) is 2.53. The second kappa shape index (κ2) is 3.67. The smallest absolute Gasteiger partial charge is 0.0719 e. The summed E-state index contributed by atoms with van der Waals surface area (Å²) in [5.41, 5.74) is 7.92. The van der Waals surface area contributed by atoms with Crippen molar-refractivity contribution in [3.8, 4) is 11.8 Å². The summed E-state index contributed by atoms with van der Waals surface area (Å²) in [4.78, 5) is 4.40. The molecule has 0 fully saturated rings.